The minimum Gasteiger partial charge on any atom is -0.493 e. The third-order valence-corrected chi connectivity index (χ3v) is 6.82. The van der Waals surface area contributed by atoms with E-state index in [0.717, 1.165) is 10.5 Å². The molecule has 0 fully saturated rings. The van der Waals surface area contributed by atoms with Crippen molar-refractivity contribution in [2.24, 2.45) is 0 Å². The summed E-state index contributed by atoms with van der Waals surface area (Å²) in [5.41, 5.74) is 2.26. The molecule has 0 aliphatic carbocycles. The van der Waals surface area contributed by atoms with Gasteiger partial charge in [0.2, 0.25) is 0 Å². The molecule has 0 atom stereocenters. The van der Waals surface area contributed by atoms with Crippen LogP contribution in [0.2, 0.25) is 0 Å². The van der Waals surface area contributed by atoms with Gasteiger partial charge in [0, 0.05) is 17.7 Å². The van der Waals surface area contributed by atoms with Crippen LogP contribution < -0.4 is 18.9 Å². The van der Waals surface area contributed by atoms with Gasteiger partial charge in [-0.2, -0.15) is 5.26 Å². The van der Waals surface area contributed by atoms with Crippen LogP contribution in [0.5, 0.6) is 23.0 Å². The zero-order valence-electron chi connectivity index (χ0n) is 23.9. The molecule has 3 aromatic carbocycles. The van der Waals surface area contributed by atoms with Gasteiger partial charge >= 0.3 is 0 Å². The van der Waals surface area contributed by atoms with Gasteiger partial charge in [0.05, 0.1) is 20.8 Å². The van der Waals surface area contributed by atoms with Crippen LogP contribution in [0.1, 0.15) is 30.5 Å². The lowest BCUT2D eigenvalue weighted by molar-refractivity contribution is -0.140. The second-order valence-electron chi connectivity index (χ2n) is 9.39. The molecule has 1 heterocycles. The molecule has 2 amide bonds. The number of hydrogen-bond donors (Lipinski definition) is 0. The van der Waals surface area contributed by atoms with Gasteiger partial charge in [-0.15, -0.1) is 0 Å². The first-order valence-corrected chi connectivity index (χ1v) is 13.3. The Bertz CT molecular complexity index is 1600. The van der Waals surface area contributed by atoms with E-state index in [2.05, 4.69) is 0 Å². The van der Waals surface area contributed by atoms with Crippen molar-refractivity contribution in [2.45, 2.75) is 26.9 Å². The van der Waals surface area contributed by atoms with Crippen molar-refractivity contribution in [1.82, 2.24) is 4.90 Å². The smallest absolute Gasteiger partial charge is 0.271 e. The van der Waals surface area contributed by atoms with Gasteiger partial charge < -0.3 is 18.9 Å². The number of methoxy groups -OCH3 is 2. The molecule has 8 nitrogen and oxygen atoms in total. The number of carbonyl (C=O) groups is 2. The number of nitrogens with zero attached hydrogens (tertiary/aromatic N) is 2. The van der Waals surface area contributed by atoms with E-state index in [0.29, 0.717) is 52.7 Å². The largest absolute Gasteiger partial charge is 0.493 e. The van der Waals surface area contributed by atoms with Crippen molar-refractivity contribution in [3.05, 3.63) is 99.9 Å². The van der Waals surface area contributed by atoms with Crippen molar-refractivity contribution in [3.8, 4) is 29.1 Å². The van der Waals surface area contributed by atoms with Gasteiger partial charge in [-0.3, -0.25) is 14.5 Å². The van der Waals surface area contributed by atoms with Crippen LogP contribution in [0.4, 0.5) is 4.39 Å². The van der Waals surface area contributed by atoms with Gasteiger partial charge in [-0.05, 0) is 73.4 Å². The Hall–Kier alpha value is -5.10. The third kappa shape index (κ3) is 6.44. The third-order valence-electron chi connectivity index (χ3n) is 6.82. The van der Waals surface area contributed by atoms with Crippen LogP contribution in [0, 0.1) is 17.1 Å². The number of nitriles is 1. The minimum absolute atomic E-state index is 0.0101. The number of benzene rings is 3. The van der Waals surface area contributed by atoms with Gasteiger partial charge in [0.1, 0.15) is 24.1 Å². The van der Waals surface area contributed by atoms with E-state index in [1.165, 1.54) is 20.3 Å². The van der Waals surface area contributed by atoms with Crippen molar-refractivity contribution >= 4 is 17.9 Å². The number of ether oxygens (including phenoxy) is 4. The Balaban J connectivity index is 1.61. The molecule has 1 aliphatic rings. The topological polar surface area (TPSA) is 98.1 Å². The molecule has 0 saturated heterocycles. The molecular weight excluding hydrogens is 539 g/mol. The van der Waals surface area contributed by atoms with Crippen LogP contribution >= 0.6 is 0 Å². The number of halogens is 1. The summed E-state index contributed by atoms with van der Waals surface area (Å²) >= 11 is 0. The van der Waals surface area contributed by atoms with Crippen molar-refractivity contribution in [3.63, 3.8) is 0 Å². The highest BCUT2D eigenvalue weighted by Gasteiger charge is 2.35. The highest BCUT2D eigenvalue weighted by Crippen LogP contribution is 2.33. The Kier molecular flexibility index (Phi) is 9.61. The number of hydrogen-bond acceptors (Lipinski definition) is 7. The lowest BCUT2D eigenvalue weighted by Gasteiger charge is -2.27. The average molecular weight is 571 g/mol. The molecule has 0 N–H and O–H groups in total. The molecule has 4 rings (SSSR count). The molecule has 3 aromatic rings. The standard InChI is InChI=1S/C33H31FN2O6/c1-5-41-31-18-23(11-13-29(31)42-20-24-8-6-7-9-27(24)34)16-25-21(2)26(19-35)33(38)36(32(25)37)15-14-22-10-12-28(39-3)30(17-22)40-4/h6-13,16-18H,5,14-15,20H2,1-4H3/b25-16+. The van der Waals surface area contributed by atoms with Crippen LogP contribution in [0.25, 0.3) is 6.08 Å². The summed E-state index contributed by atoms with van der Waals surface area (Å²) in [4.78, 5) is 27.8. The first kappa shape index (κ1) is 29.9. The van der Waals surface area contributed by atoms with E-state index in [1.54, 1.807) is 61.5 Å². The molecule has 0 bridgehead atoms. The maximum absolute atomic E-state index is 14.1. The SMILES string of the molecule is CCOc1cc(/C=C2/C(=O)N(CCc3ccc(OC)c(OC)c3)C(=O)C(C#N)=C2C)ccc1OCc1ccccc1F. The van der Waals surface area contributed by atoms with Crippen LogP contribution in [0.3, 0.4) is 0 Å². The molecule has 1 aliphatic heterocycles. The van der Waals surface area contributed by atoms with E-state index < -0.39 is 11.8 Å². The van der Waals surface area contributed by atoms with E-state index in [1.807, 2.05) is 19.1 Å². The molecule has 216 valence electrons. The van der Waals surface area contributed by atoms with Crippen LogP contribution in [-0.2, 0) is 22.6 Å². The number of imide groups is 1. The molecule has 0 aromatic heterocycles. The zero-order chi connectivity index (χ0) is 30.2. The molecule has 9 heteroatoms. The van der Waals surface area contributed by atoms with Crippen LogP contribution in [0.15, 0.2) is 77.4 Å². The Labute approximate surface area is 244 Å². The van der Waals surface area contributed by atoms with E-state index in [-0.39, 0.29) is 30.1 Å². The first-order valence-electron chi connectivity index (χ1n) is 13.3. The summed E-state index contributed by atoms with van der Waals surface area (Å²) in [5, 5.41) is 9.77. The summed E-state index contributed by atoms with van der Waals surface area (Å²) < 4.78 is 36.3. The second kappa shape index (κ2) is 13.5. The van der Waals surface area contributed by atoms with Gasteiger partial charge in [0.15, 0.2) is 23.0 Å². The maximum Gasteiger partial charge on any atom is 0.271 e. The number of carbonyl (C=O) groups excluding carboxylic acids is 2. The van der Waals surface area contributed by atoms with Crippen LogP contribution in [-0.4, -0.2) is 44.1 Å². The highest BCUT2D eigenvalue weighted by molar-refractivity contribution is 6.19. The molecular formula is C33H31FN2O6. The van der Waals surface area contributed by atoms with Gasteiger partial charge in [-0.25, -0.2) is 4.39 Å². The molecule has 0 radical (unpaired) electrons. The quantitative estimate of drug-likeness (QED) is 0.217. The van der Waals surface area contributed by atoms with E-state index in [4.69, 9.17) is 18.9 Å². The summed E-state index contributed by atoms with van der Waals surface area (Å²) in [6.45, 7) is 3.84. The molecule has 0 unspecified atom stereocenters. The Morgan fingerprint density at radius 2 is 1.64 bits per heavy atom. The fourth-order valence-corrected chi connectivity index (χ4v) is 4.55. The molecule has 0 spiro atoms. The predicted octanol–water partition coefficient (Wildman–Crippen LogP) is 5.66. The predicted molar refractivity (Wildman–Crippen MR) is 155 cm³/mol. The number of amides is 2. The lowest BCUT2D eigenvalue weighted by Crippen LogP contribution is -2.43. The number of rotatable bonds is 11. The van der Waals surface area contributed by atoms with E-state index in [9.17, 15) is 19.2 Å². The summed E-state index contributed by atoms with van der Waals surface area (Å²) in [5.74, 6) is 0.417. The fourth-order valence-electron chi connectivity index (χ4n) is 4.55. The lowest BCUT2D eigenvalue weighted by atomic mass is 9.93. The first-order chi connectivity index (χ1) is 20.3. The molecule has 42 heavy (non-hydrogen) atoms. The normalized spacial score (nSPS) is 14.2. The van der Waals surface area contributed by atoms with Crippen molar-refractivity contribution in [2.75, 3.05) is 27.4 Å². The van der Waals surface area contributed by atoms with Crippen molar-refractivity contribution in [1.29, 1.82) is 5.26 Å². The Morgan fingerprint density at radius 3 is 2.33 bits per heavy atom. The average Bonchev–Trinajstić information content (AvgIpc) is 2.99. The van der Waals surface area contributed by atoms with Gasteiger partial charge in [-0.1, -0.05) is 30.3 Å². The minimum atomic E-state index is -0.635. The Morgan fingerprint density at radius 1 is 0.905 bits per heavy atom. The highest BCUT2D eigenvalue weighted by atomic mass is 19.1. The van der Waals surface area contributed by atoms with E-state index >= 15 is 0 Å². The zero-order valence-corrected chi connectivity index (χ0v) is 23.9. The fraction of sp³-hybridized carbons (Fsp3) is 0.242. The summed E-state index contributed by atoms with van der Waals surface area (Å²) in [7, 11) is 3.07. The van der Waals surface area contributed by atoms with Crippen molar-refractivity contribution < 1.29 is 32.9 Å². The summed E-state index contributed by atoms with van der Waals surface area (Å²) in [6.07, 6.45) is 1.97. The second-order valence-corrected chi connectivity index (χ2v) is 9.39. The maximum atomic E-state index is 14.1. The molecule has 0 saturated carbocycles. The van der Waals surface area contributed by atoms with Gasteiger partial charge in [0.25, 0.3) is 11.8 Å². The monoisotopic (exact) mass is 570 g/mol. The summed E-state index contributed by atoms with van der Waals surface area (Å²) in [6, 6.07) is 18.8.